The minimum atomic E-state index is -3.64. The number of piperidine rings is 1. The highest BCUT2D eigenvalue weighted by molar-refractivity contribution is 9.10. The second-order valence-electron chi connectivity index (χ2n) is 5.34. The summed E-state index contributed by atoms with van der Waals surface area (Å²) < 4.78 is 39.0. The molecule has 1 aromatic rings. The van der Waals surface area contributed by atoms with Gasteiger partial charge in [-0.1, -0.05) is 6.92 Å². The van der Waals surface area contributed by atoms with Crippen molar-refractivity contribution in [2.45, 2.75) is 24.3 Å². The first kappa shape index (κ1) is 17.5. The molecular weight excluding hydrogens is 372 g/mol. The molecule has 0 spiro atoms. The zero-order valence-electron chi connectivity index (χ0n) is 12.8. The molecule has 22 heavy (non-hydrogen) atoms. The van der Waals surface area contributed by atoms with Crippen molar-refractivity contribution in [3.8, 4) is 11.5 Å². The Kier molecular flexibility index (Phi) is 5.70. The monoisotopic (exact) mass is 392 g/mol. The lowest BCUT2D eigenvalue weighted by atomic mass is 9.97. The average Bonchev–Trinajstić information content (AvgIpc) is 2.48. The van der Waals surface area contributed by atoms with E-state index >= 15 is 0 Å². The Bertz CT molecular complexity index is 636. The van der Waals surface area contributed by atoms with Crippen molar-refractivity contribution in [2.24, 2.45) is 5.92 Å². The van der Waals surface area contributed by atoms with Gasteiger partial charge in [0, 0.05) is 16.6 Å². The van der Waals surface area contributed by atoms with Gasteiger partial charge in [0.1, 0.15) is 4.90 Å². The maximum Gasteiger partial charge on any atom is 0.242 e. The third-order valence-electron chi connectivity index (χ3n) is 3.82. The van der Waals surface area contributed by atoms with Gasteiger partial charge in [0.2, 0.25) is 10.0 Å². The predicted octanol–water partition coefficient (Wildman–Crippen LogP) is 1.74. The van der Waals surface area contributed by atoms with E-state index in [2.05, 4.69) is 26.0 Å². The van der Waals surface area contributed by atoms with Gasteiger partial charge in [-0.3, -0.25) is 0 Å². The molecular formula is C14H21BrN2O4S. The van der Waals surface area contributed by atoms with Gasteiger partial charge in [0.25, 0.3) is 0 Å². The molecule has 2 atom stereocenters. The third-order valence-corrected chi connectivity index (χ3v) is 6.27. The van der Waals surface area contributed by atoms with E-state index in [0.29, 0.717) is 16.0 Å². The van der Waals surface area contributed by atoms with E-state index in [9.17, 15) is 8.42 Å². The highest BCUT2D eigenvalue weighted by atomic mass is 79.9. The minimum absolute atomic E-state index is 0.0775. The summed E-state index contributed by atoms with van der Waals surface area (Å²) in [5.41, 5.74) is 0. The maximum absolute atomic E-state index is 12.7. The zero-order valence-corrected chi connectivity index (χ0v) is 15.3. The Morgan fingerprint density at radius 2 is 1.91 bits per heavy atom. The molecule has 1 heterocycles. The van der Waals surface area contributed by atoms with Crippen LogP contribution in [0.4, 0.5) is 0 Å². The first-order valence-corrected chi connectivity index (χ1v) is 9.31. The van der Waals surface area contributed by atoms with Crippen LogP contribution in [0, 0.1) is 5.92 Å². The number of ether oxygens (including phenoxy) is 2. The summed E-state index contributed by atoms with van der Waals surface area (Å²) in [6, 6.07) is 2.99. The first-order chi connectivity index (χ1) is 10.4. The molecule has 2 N–H and O–H groups in total. The standard InChI is InChI=1S/C14H21BrN2O4S/c1-9-8-16-5-4-11(9)17-22(18,19)14-7-13(21-3)12(20-2)6-10(14)15/h6-7,9,11,16-17H,4-5,8H2,1-3H3. The Hall–Kier alpha value is -0.830. The summed E-state index contributed by atoms with van der Waals surface area (Å²) >= 11 is 3.30. The SMILES string of the molecule is COc1cc(Br)c(S(=O)(=O)NC2CCNCC2C)cc1OC. The lowest BCUT2D eigenvalue weighted by Crippen LogP contribution is -2.48. The topological polar surface area (TPSA) is 76.7 Å². The van der Waals surface area contributed by atoms with Crippen molar-refractivity contribution in [3.63, 3.8) is 0 Å². The fourth-order valence-corrected chi connectivity index (χ4v) is 4.91. The van der Waals surface area contributed by atoms with Gasteiger partial charge in [-0.2, -0.15) is 0 Å². The van der Waals surface area contributed by atoms with Gasteiger partial charge >= 0.3 is 0 Å². The van der Waals surface area contributed by atoms with Crippen LogP contribution in [0.25, 0.3) is 0 Å². The van der Waals surface area contributed by atoms with Gasteiger partial charge in [0.15, 0.2) is 11.5 Å². The smallest absolute Gasteiger partial charge is 0.242 e. The van der Waals surface area contributed by atoms with Crippen LogP contribution in [0.3, 0.4) is 0 Å². The van der Waals surface area contributed by atoms with Crippen LogP contribution in [0.15, 0.2) is 21.5 Å². The normalized spacial score (nSPS) is 22.4. The molecule has 0 bridgehead atoms. The molecule has 6 nitrogen and oxygen atoms in total. The van der Waals surface area contributed by atoms with Crippen LogP contribution >= 0.6 is 15.9 Å². The highest BCUT2D eigenvalue weighted by Gasteiger charge is 2.28. The van der Waals surface area contributed by atoms with Gasteiger partial charge in [-0.05, 0) is 47.4 Å². The molecule has 2 rings (SSSR count). The van der Waals surface area contributed by atoms with Crippen molar-refractivity contribution in [3.05, 3.63) is 16.6 Å². The van der Waals surface area contributed by atoms with Crippen LogP contribution in [-0.4, -0.2) is 41.8 Å². The molecule has 1 aromatic carbocycles. The van der Waals surface area contributed by atoms with Crippen molar-refractivity contribution in [1.82, 2.24) is 10.0 Å². The molecule has 8 heteroatoms. The van der Waals surface area contributed by atoms with Gasteiger partial charge in [-0.15, -0.1) is 0 Å². The second kappa shape index (κ2) is 7.16. The molecule has 0 aliphatic carbocycles. The van der Waals surface area contributed by atoms with E-state index in [1.54, 1.807) is 6.07 Å². The largest absolute Gasteiger partial charge is 0.493 e. The Labute approximate surface area is 139 Å². The maximum atomic E-state index is 12.7. The van der Waals surface area contributed by atoms with E-state index in [1.807, 2.05) is 6.92 Å². The number of hydrogen-bond donors (Lipinski definition) is 2. The van der Waals surface area contributed by atoms with Crippen molar-refractivity contribution < 1.29 is 17.9 Å². The minimum Gasteiger partial charge on any atom is -0.493 e. The molecule has 0 amide bonds. The van der Waals surface area contributed by atoms with E-state index in [1.165, 1.54) is 20.3 Å². The number of sulfonamides is 1. The molecule has 0 aromatic heterocycles. The molecule has 0 radical (unpaired) electrons. The number of hydrogen-bond acceptors (Lipinski definition) is 5. The summed E-state index contributed by atoms with van der Waals surface area (Å²) in [7, 11) is -0.657. The lowest BCUT2D eigenvalue weighted by Gasteiger charge is -2.30. The van der Waals surface area contributed by atoms with E-state index in [0.717, 1.165) is 19.5 Å². The fraction of sp³-hybridized carbons (Fsp3) is 0.571. The molecule has 1 aliphatic rings. The van der Waals surface area contributed by atoms with Crippen molar-refractivity contribution >= 4 is 26.0 Å². The van der Waals surface area contributed by atoms with Crippen LogP contribution in [0.2, 0.25) is 0 Å². The van der Waals surface area contributed by atoms with Gasteiger partial charge in [-0.25, -0.2) is 13.1 Å². The molecule has 0 saturated carbocycles. The summed E-state index contributed by atoms with van der Waals surface area (Å²) in [5, 5.41) is 3.25. The zero-order chi connectivity index (χ0) is 16.3. The average molecular weight is 393 g/mol. The quantitative estimate of drug-likeness (QED) is 0.797. The lowest BCUT2D eigenvalue weighted by molar-refractivity contribution is 0.327. The Morgan fingerprint density at radius 3 is 2.50 bits per heavy atom. The first-order valence-electron chi connectivity index (χ1n) is 7.03. The number of methoxy groups -OCH3 is 2. The number of rotatable bonds is 5. The highest BCUT2D eigenvalue weighted by Crippen LogP contribution is 2.35. The van der Waals surface area contributed by atoms with Crippen molar-refractivity contribution in [1.29, 1.82) is 0 Å². The van der Waals surface area contributed by atoms with Crippen LogP contribution in [-0.2, 0) is 10.0 Å². The van der Waals surface area contributed by atoms with E-state index < -0.39 is 10.0 Å². The molecule has 2 unspecified atom stereocenters. The van der Waals surface area contributed by atoms with Crippen LogP contribution in [0.1, 0.15) is 13.3 Å². The molecule has 1 aliphatic heterocycles. The molecule has 1 saturated heterocycles. The van der Waals surface area contributed by atoms with Crippen molar-refractivity contribution in [2.75, 3.05) is 27.3 Å². The summed E-state index contributed by atoms with van der Waals surface area (Å²) in [6.07, 6.45) is 0.769. The summed E-state index contributed by atoms with van der Waals surface area (Å²) in [4.78, 5) is 0.149. The van der Waals surface area contributed by atoms with Crippen LogP contribution < -0.4 is 19.5 Å². The summed E-state index contributed by atoms with van der Waals surface area (Å²) in [6.45, 7) is 3.65. The fourth-order valence-electron chi connectivity index (χ4n) is 2.49. The second-order valence-corrected chi connectivity index (χ2v) is 7.87. The molecule has 1 fully saturated rings. The predicted molar refractivity (Wildman–Crippen MR) is 88.0 cm³/mol. The third kappa shape index (κ3) is 3.73. The van der Waals surface area contributed by atoms with Crippen LogP contribution in [0.5, 0.6) is 11.5 Å². The van der Waals surface area contributed by atoms with E-state index in [-0.39, 0.29) is 16.9 Å². The van der Waals surface area contributed by atoms with E-state index in [4.69, 9.17) is 9.47 Å². The number of nitrogens with one attached hydrogen (secondary N) is 2. The Morgan fingerprint density at radius 1 is 1.27 bits per heavy atom. The molecule has 124 valence electrons. The Balaban J connectivity index is 2.32. The summed E-state index contributed by atoms with van der Waals surface area (Å²) in [5.74, 6) is 1.09. The number of halogens is 1. The van der Waals surface area contributed by atoms with Gasteiger partial charge in [0.05, 0.1) is 14.2 Å². The number of benzene rings is 1. The van der Waals surface area contributed by atoms with Gasteiger partial charge < -0.3 is 14.8 Å².